The van der Waals surface area contributed by atoms with Crippen molar-refractivity contribution in [2.45, 2.75) is 51.6 Å². The average molecular weight is 471 g/mol. The van der Waals surface area contributed by atoms with Crippen LogP contribution in [0.1, 0.15) is 38.7 Å². The minimum absolute atomic E-state index is 0. The largest absolute Gasteiger partial charge is 0.370 e. The Hall–Kier alpha value is -3.21. The van der Waals surface area contributed by atoms with Gasteiger partial charge >= 0.3 is 0 Å². The third kappa shape index (κ3) is 11.3. The first kappa shape index (κ1) is 28.8. The molecular weight excluding hydrogens is 440 g/mol. The third-order valence-electron chi connectivity index (χ3n) is 4.37. The SMILES string of the molecule is CC(C)C[C@H](NC(=O)Cc1ccc([N+](=O)[O-])cc1)C(=O)N[C@H](C=O)CCCNC(=N)N.Cl. The standard InChI is InChI=1S/C20H30N6O5.ClH/c1-13(2)10-17(19(29)24-15(12-27)4-3-9-23-20(21)22)25-18(28)11-14-5-7-16(8-6-14)26(30)31;/h5-8,12-13,15,17H,3-4,9-11H2,1-2H3,(H,24,29)(H,25,28)(H4,21,22,23);1H/t15-,17-;/m0./s1. The summed E-state index contributed by atoms with van der Waals surface area (Å²) in [4.78, 5) is 46.6. The topological polar surface area (TPSA) is 180 Å². The fraction of sp³-hybridized carbons (Fsp3) is 0.500. The van der Waals surface area contributed by atoms with E-state index in [1.807, 2.05) is 13.8 Å². The number of benzene rings is 1. The van der Waals surface area contributed by atoms with Gasteiger partial charge in [-0.25, -0.2) is 0 Å². The number of guanidine groups is 1. The predicted octanol–water partition coefficient (Wildman–Crippen LogP) is 1.04. The van der Waals surface area contributed by atoms with Crippen LogP contribution in [0.3, 0.4) is 0 Å². The summed E-state index contributed by atoms with van der Waals surface area (Å²) in [5.74, 6) is -0.908. The van der Waals surface area contributed by atoms with Gasteiger partial charge in [-0.1, -0.05) is 26.0 Å². The van der Waals surface area contributed by atoms with Crippen molar-refractivity contribution in [3.8, 4) is 0 Å². The molecule has 0 unspecified atom stereocenters. The van der Waals surface area contributed by atoms with Crippen molar-refractivity contribution in [1.29, 1.82) is 5.41 Å². The molecule has 0 heterocycles. The van der Waals surface area contributed by atoms with E-state index in [1.54, 1.807) is 0 Å². The highest BCUT2D eigenvalue weighted by molar-refractivity contribution is 5.89. The quantitative estimate of drug-likeness (QED) is 0.0712. The number of hydrogen-bond acceptors (Lipinski definition) is 6. The van der Waals surface area contributed by atoms with Gasteiger partial charge in [0.25, 0.3) is 5.69 Å². The van der Waals surface area contributed by atoms with Crippen LogP contribution < -0.4 is 21.7 Å². The molecule has 0 saturated carbocycles. The summed E-state index contributed by atoms with van der Waals surface area (Å²) in [6.45, 7) is 4.22. The van der Waals surface area contributed by atoms with Gasteiger partial charge in [0, 0.05) is 18.7 Å². The second-order valence-electron chi connectivity index (χ2n) is 7.58. The molecule has 0 aliphatic carbocycles. The van der Waals surface area contributed by atoms with Gasteiger partial charge in [0.05, 0.1) is 17.4 Å². The number of nitrogens with two attached hydrogens (primary N) is 1. The van der Waals surface area contributed by atoms with Gasteiger partial charge in [-0.15, -0.1) is 12.4 Å². The number of non-ortho nitro benzene ring substituents is 1. The molecule has 2 atom stereocenters. The summed E-state index contributed by atoms with van der Waals surface area (Å²) in [7, 11) is 0. The van der Waals surface area contributed by atoms with E-state index in [2.05, 4.69) is 16.0 Å². The van der Waals surface area contributed by atoms with Crippen molar-refractivity contribution >= 4 is 42.2 Å². The zero-order chi connectivity index (χ0) is 23.4. The normalized spacial score (nSPS) is 12.1. The maximum atomic E-state index is 12.7. The number of carbonyl (C=O) groups excluding carboxylic acids is 3. The molecule has 0 aliphatic rings. The van der Waals surface area contributed by atoms with E-state index < -0.39 is 28.8 Å². The van der Waals surface area contributed by atoms with E-state index >= 15 is 0 Å². The van der Waals surface area contributed by atoms with Gasteiger partial charge in [-0.3, -0.25) is 25.1 Å². The highest BCUT2D eigenvalue weighted by atomic mass is 35.5. The minimum atomic E-state index is -0.816. The Kier molecular flexibility index (Phi) is 13.3. The molecule has 0 spiro atoms. The zero-order valence-electron chi connectivity index (χ0n) is 18.1. The summed E-state index contributed by atoms with van der Waals surface area (Å²) in [5.41, 5.74) is 5.70. The van der Waals surface area contributed by atoms with E-state index in [1.165, 1.54) is 24.3 Å². The molecule has 0 saturated heterocycles. The number of nitro benzene ring substituents is 1. The lowest BCUT2D eigenvalue weighted by Gasteiger charge is -2.22. The maximum Gasteiger partial charge on any atom is 0.269 e. The molecular formula is C20H31ClN6O5. The van der Waals surface area contributed by atoms with Crippen molar-refractivity contribution in [3.63, 3.8) is 0 Å². The monoisotopic (exact) mass is 470 g/mol. The lowest BCUT2D eigenvalue weighted by molar-refractivity contribution is -0.384. The van der Waals surface area contributed by atoms with Gasteiger partial charge in [0.15, 0.2) is 5.96 Å². The molecule has 0 radical (unpaired) electrons. The van der Waals surface area contributed by atoms with Crippen LogP contribution in [-0.4, -0.2) is 47.6 Å². The Morgan fingerprint density at radius 2 is 1.84 bits per heavy atom. The van der Waals surface area contributed by atoms with E-state index in [4.69, 9.17) is 11.1 Å². The van der Waals surface area contributed by atoms with Crippen molar-refractivity contribution < 1.29 is 19.3 Å². The van der Waals surface area contributed by atoms with Gasteiger partial charge in [0.1, 0.15) is 12.3 Å². The summed E-state index contributed by atoms with van der Waals surface area (Å²) in [6.07, 6.45) is 1.87. The van der Waals surface area contributed by atoms with Crippen LogP contribution in [0.4, 0.5) is 5.69 Å². The Morgan fingerprint density at radius 1 is 1.22 bits per heavy atom. The van der Waals surface area contributed by atoms with Crippen LogP contribution in [-0.2, 0) is 20.8 Å². The van der Waals surface area contributed by atoms with Crippen LogP contribution >= 0.6 is 12.4 Å². The highest BCUT2D eigenvalue weighted by Gasteiger charge is 2.24. The summed E-state index contributed by atoms with van der Waals surface area (Å²) < 4.78 is 0. The number of hydrogen-bond donors (Lipinski definition) is 5. The van der Waals surface area contributed by atoms with Gasteiger partial charge in [0.2, 0.25) is 11.8 Å². The second-order valence-corrected chi connectivity index (χ2v) is 7.58. The van der Waals surface area contributed by atoms with Gasteiger partial charge in [-0.2, -0.15) is 0 Å². The summed E-state index contributed by atoms with van der Waals surface area (Å²) in [6, 6.07) is 4.08. The number of halogens is 1. The molecule has 6 N–H and O–H groups in total. The van der Waals surface area contributed by atoms with Crippen molar-refractivity contribution in [2.24, 2.45) is 11.7 Å². The van der Waals surface area contributed by atoms with Crippen LogP contribution in [0, 0.1) is 21.4 Å². The van der Waals surface area contributed by atoms with Crippen LogP contribution in [0.5, 0.6) is 0 Å². The average Bonchev–Trinajstić information content (AvgIpc) is 2.69. The molecule has 0 aromatic heterocycles. The van der Waals surface area contributed by atoms with E-state index in [0.29, 0.717) is 37.7 Å². The predicted molar refractivity (Wildman–Crippen MR) is 123 cm³/mol. The van der Waals surface area contributed by atoms with Crippen LogP contribution in [0.2, 0.25) is 0 Å². The first-order chi connectivity index (χ1) is 14.6. The number of nitrogens with one attached hydrogen (secondary N) is 4. The van der Waals surface area contributed by atoms with Gasteiger partial charge < -0.3 is 26.5 Å². The Bertz CT molecular complexity index is 787. The number of nitrogens with zero attached hydrogens (tertiary/aromatic N) is 1. The molecule has 11 nitrogen and oxygen atoms in total. The number of aldehydes is 1. The minimum Gasteiger partial charge on any atom is -0.370 e. The van der Waals surface area contributed by atoms with E-state index in [9.17, 15) is 24.5 Å². The number of rotatable bonds is 13. The fourth-order valence-electron chi connectivity index (χ4n) is 2.87. The first-order valence-electron chi connectivity index (χ1n) is 9.98. The van der Waals surface area contributed by atoms with Gasteiger partial charge in [-0.05, 0) is 30.7 Å². The molecule has 0 aliphatic heterocycles. The number of nitro groups is 1. The third-order valence-corrected chi connectivity index (χ3v) is 4.37. The van der Waals surface area contributed by atoms with Crippen LogP contribution in [0.25, 0.3) is 0 Å². The lowest BCUT2D eigenvalue weighted by Crippen LogP contribution is -2.51. The highest BCUT2D eigenvalue weighted by Crippen LogP contribution is 2.13. The van der Waals surface area contributed by atoms with Crippen molar-refractivity contribution in [3.05, 3.63) is 39.9 Å². The second kappa shape index (κ2) is 14.7. The fourth-order valence-corrected chi connectivity index (χ4v) is 2.87. The molecule has 1 aromatic rings. The van der Waals surface area contributed by atoms with E-state index in [-0.39, 0.29) is 36.4 Å². The molecule has 0 fully saturated rings. The first-order valence-corrected chi connectivity index (χ1v) is 9.98. The molecule has 12 heteroatoms. The Labute approximate surface area is 193 Å². The smallest absolute Gasteiger partial charge is 0.269 e. The maximum absolute atomic E-state index is 12.7. The van der Waals surface area contributed by atoms with Crippen molar-refractivity contribution in [2.75, 3.05) is 6.54 Å². The molecule has 32 heavy (non-hydrogen) atoms. The molecule has 0 bridgehead atoms. The number of carbonyl (C=O) groups is 3. The summed E-state index contributed by atoms with van der Waals surface area (Å²) in [5, 5.41) is 25.8. The lowest BCUT2D eigenvalue weighted by atomic mass is 10.0. The molecule has 178 valence electrons. The molecule has 2 amide bonds. The summed E-state index contributed by atoms with van der Waals surface area (Å²) >= 11 is 0. The number of amides is 2. The Morgan fingerprint density at radius 3 is 2.34 bits per heavy atom. The van der Waals surface area contributed by atoms with Crippen LogP contribution in [0.15, 0.2) is 24.3 Å². The van der Waals surface area contributed by atoms with Crippen molar-refractivity contribution in [1.82, 2.24) is 16.0 Å². The molecule has 1 aromatic carbocycles. The molecule has 1 rings (SSSR count). The Balaban J connectivity index is 0.00000961. The zero-order valence-corrected chi connectivity index (χ0v) is 18.9. The van der Waals surface area contributed by atoms with E-state index in [0.717, 1.165) is 0 Å².